The molecule has 0 fully saturated rings. The third-order valence-corrected chi connectivity index (χ3v) is 5.25. The first kappa shape index (κ1) is 16.4. The van der Waals surface area contributed by atoms with Crippen LogP contribution >= 0.6 is 0 Å². The van der Waals surface area contributed by atoms with E-state index in [0.717, 1.165) is 13.0 Å². The Hall–Kier alpha value is -2.10. The Labute approximate surface area is 149 Å². The summed E-state index contributed by atoms with van der Waals surface area (Å²) in [6, 6.07) is 17.9. The SMILES string of the molecule is COCc1ccc(CCNC2CCCc3c2[nH]c2ccccc32)cc1. The number of aromatic nitrogens is 1. The van der Waals surface area contributed by atoms with Crippen molar-refractivity contribution in [3.63, 3.8) is 0 Å². The van der Waals surface area contributed by atoms with Gasteiger partial charge < -0.3 is 15.0 Å². The maximum Gasteiger partial charge on any atom is 0.0713 e. The van der Waals surface area contributed by atoms with Gasteiger partial charge in [-0.15, -0.1) is 0 Å². The largest absolute Gasteiger partial charge is 0.380 e. The summed E-state index contributed by atoms with van der Waals surface area (Å²) >= 11 is 0. The molecule has 0 spiro atoms. The van der Waals surface area contributed by atoms with Gasteiger partial charge in [0.25, 0.3) is 0 Å². The maximum atomic E-state index is 5.17. The van der Waals surface area contributed by atoms with Gasteiger partial charge in [0.1, 0.15) is 0 Å². The standard InChI is InChI=1S/C22H26N2O/c1-25-15-17-11-9-16(10-12-17)13-14-23-21-8-4-6-19-18-5-2-3-7-20(18)24-22(19)21/h2-3,5,7,9-12,21,23-24H,4,6,8,13-15H2,1H3. The smallest absolute Gasteiger partial charge is 0.0713 e. The summed E-state index contributed by atoms with van der Waals surface area (Å²) in [7, 11) is 1.74. The zero-order valence-electron chi connectivity index (χ0n) is 14.8. The number of ether oxygens (including phenoxy) is 1. The van der Waals surface area contributed by atoms with Crippen molar-refractivity contribution in [2.24, 2.45) is 0 Å². The van der Waals surface area contributed by atoms with E-state index in [9.17, 15) is 0 Å². The second-order valence-electron chi connectivity index (χ2n) is 6.96. The van der Waals surface area contributed by atoms with Gasteiger partial charge in [-0.2, -0.15) is 0 Å². The second kappa shape index (κ2) is 7.42. The number of methoxy groups -OCH3 is 1. The molecule has 0 amide bonds. The van der Waals surface area contributed by atoms with E-state index in [4.69, 9.17) is 4.74 Å². The molecule has 3 heteroatoms. The summed E-state index contributed by atoms with van der Waals surface area (Å²) < 4.78 is 5.17. The lowest BCUT2D eigenvalue weighted by Crippen LogP contribution is -2.27. The number of aryl methyl sites for hydroxylation is 1. The minimum absolute atomic E-state index is 0.448. The summed E-state index contributed by atoms with van der Waals surface area (Å²) in [4.78, 5) is 3.66. The average Bonchev–Trinajstić information content (AvgIpc) is 3.03. The maximum absolute atomic E-state index is 5.17. The highest BCUT2D eigenvalue weighted by molar-refractivity contribution is 5.85. The average molecular weight is 334 g/mol. The second-order valence-corrected chi connectivity index (χ2v) is 6.96. The zero-order valence-corrected chi connectivity index (χ0v) is 14.8. The van der Waals surface area contributed by atoms with E-state index in [1.807, 2.05) is 0 Å². The van der Waals surface area contributed by atoms with Crippen molar-refractivity contribution in [1.82, 2.24) is 10.3 Å². The van der Waals surface area contributed by atoms with Crippen LogP contribution in [-0.4, -0.2) is 18.6 Å². The number of para-hydroxylation sites is 1. The van der Waals surface area contributed by atoms with Gasteiger partial charge in [-0.3, -0.25) is 0 Å². The molecule has 1 heterocycles. The highest BCUT2D eigenvalue weighted by Gasteiger charge is 2.23. The lowest BCUT2D eigenvalue weighted by molar-refractivity contribution is 0.185. The predicted molar refractivity (Wildman–Crippen MR) is 103 cm³/mol. The Morgan fingerprint density at radius 2 is 1.88 bits per heavy atom. The highest BCUT2D eigenvalue weighted by Crippen LogP contribution is 2.34. The van der Waals surface area contributed by atoms with Crippen molar-refractivity contribution >= 4 is 10.9 Å². The molecule has 25 heavy (non-hydrogen) atoms. The summed E-state index contributed by atoms with van der Waals surface area (Å²) in [6.45, 7) is 1.69. The number of fused-ring (bicyclic) bond motifs is 3. The Bertz CT molecular complexity index is 835. The molecule has 0 bridgehead atoms. The number of H-pyrrole nitrogens is 1. The van der Waals surface area contributed by atoms with Gasteiger partial charge in [0, 0.05) is 29.7 Å². The molecule has 0 saturated carbocycles. The van der Waals surface area contributed by atoms with Gasteiger partial charge in [0.05, 0.1) is 6.61 Å². The lowest BCUT2D eigenvalue weighted by Gasteiger charge is -2.24. The van der Waals surface area contributed by atoms with Crippen LogP contribution in [0.5, 0.6) is 0 Å². The third kappa shape index (κ3) is 3.48. The van der Waals surface area contributed by atoms with E-state index in [2.05, 4.69) is 58.8 Å². The van der Waals surface area contributed by atoms with Crippen molar-refractivity contribution < 1.29 is 4.74 Å². The molecule has 2 N–H and O–H groups in total. The molecule has 1 unspecified atom stereocenters. The number of benzene rings is 2. The van der Waals surface area contributed by atoms with E-state index in [0.29, 0.717) is 12.6 Å². The number of rotatable bonds is 6. The van der Waals surface area contributed by atoms with Crippen molar-refractivity contribution in [2.45, 2.75) is 38.3 Å². The van der Waals surface area contributed by atoms with Crippen LogP contribution in [0, 0.1) is 0 Å². The predicted octanol–water partition coefficient (Wildman–Crippen LogP) is 4.52. The molecule has 0 saturated heterocycles. The molecular formula is C22H26N2O. The molecular weight excluding hydrogens is 308 g/mol. The van der Waals surface area contributed by atoms with Crippen molar-refractivity contribution in [3.8, 4) is 0 Å². The van der Waals surface area contributed by atoms with Crippen LogP contribution in [0.15, 0.2) is 48.5 Å². The normalized spacial score (nSPS) is 16.9. The number of hydrogen-bond donors (Lipinski definition) is 2. The van der Waals surface area contributed by atoms with Crippen LogP contribution in [0.2, 0.25) is 0 Å². The summed E-state index contributed by atoms with van der Waals surface area (Å²) in [5.74, 6) is 0. The summed E-state index contributed by atoms with van der Waals surface area (Å²) in [5.41, 5.74) is 6.80. The minimum atomic E-state index is 0.448. The van der Waals surface area contributed by atoms with Gasteiger partial charge in [0.15, 0.2) is 0 Å². The van der Waals surface area contributed by atoms with E-state index < -0.39 is 0 Å². The number of hydrogen-bond acceptors (Lipinski definition) is 2. The Morgan fingerprint density at radius 3 is 2.72 bits per heavy atom. The quantitative estimate of drug-likeness (QED) is 0.695. The minimum Gasteiger partial charge on any atom is -0.380 e. The third-order valence-electron chi connectivity index (χ3n) is 5.25. The molecule has 1 aliphatic rings. The van der Waals surface area contributed by atoms with Crippen LogP contribution in [0.1, 0.15) is 41.3 Å². The monoisotopic (exact) mass is 334 g/mol. The first-order chi connectivity index (χ1) is 12.3. The van der Waals surface area contributed by atoms with Crippen molar-refractivity contribution in [2.75, 3.05) is 13.7 Å². The molecule has 1 atom stereocenters. The summed E-state index contributed by atoms with van der Waals surface area (Å²) in [5, 5.41) is 5.17. The van der Waals surface area contributed by atoms with Crippen LogP contribution in [0.3, 0.4) is 0 Å². The van der Waals surface area contributed by atoms with E-state index in [-0.39, 0.29) is 0 Å². The van der Waals surface area contributed by atoms with Gasteiger partial charge in [0.2, 0.25) is 0 Å². The molecule has 0 aliphatic heterocycles. The molecule has 130 valence electrons. The first-order valence-electron chi connectivity index (χ1n) is 9.25. The fraction of sp³-hybridized carbons (Fsp3) is 0.364. The van der Waals surface area contributed by atoms with Crippen LogP contribution in [0.25, 0.3) is 10.9 Å². The van der Waals surface area contributed by atoms with E-state index >= 15 is 0 Å². The molecule has 0 radical (unpaired) electrons. The molecule has 3 aromatic rings. The van der Waals surface area contributed by atoms with Crippen LogP contribution < -0.4 is 5.32 Å². The van der Waals surface area contributed by atoms with Gasteiger partial charge in [-0.25, -0.2) is 0 Å². The van der Waals surface area contributed by atoms with Crippen molar-refractivity contribution in [1.29, 1.82) is 0 Å². The summed E-state index contributed by atoms with van der Waals surface area (Å²) in [6.07, 6.45) is 4.72. The van der Waals surface area contributed by atoms with Crippen molar-refractivity contribution in [3.05, 3.63) is 70.9 Å². The Kier molecular flexibility index (Phi) is 4.86. The first-order valence-corrected chi connectivity index (χ1v) is 9.25. The van der Waals surface area contributed by atoms with Gasteiger partial charge in [-0.1, -0.05) is 42.5 Å². The zero-order chi connectivity index (χ0) is 17.1. The molecule has 1 aliphatic carbocycles. The van der Waals surface area contributed by atoms with E-state index in [1.54, 1.807) is 7.11 Å². The fourth-order valence-electron chi connectivity index (χ4n) is 3.98. The lowest BCUT2D eigenvalue weighted by atomic mass is 9.91. The molecule has 4 rings (SSSR count). The van der Waals surface area contributed by atoms with Crippen LogP contribution in [0.4, 0.5) is 0 Å². The van der Waals surface area contributed by atoms with Crippen LogP contribution in [-0.2, 0) is 24.2 Å². The topological polar surface area (TPSA) is 37.0 Å². The van der Waals surface area contributed by atoms with E-state index in [1.165, 1.54) is 52.5 Å². The number of aromatic amines is 1. The molecule has 2 aromatic carbocycles. The fourth-order valence-corrected chi connectivity index (χ4v) is 3.98. The highest BCUT2D eigenvalue weighted by atomic mass is 16.5. The van der Waals surface area contributed by atoms with Gasteiger partial charge in [-0.05, 0) is 55.0 Å². The Balaban J connectivity index is 1.41. The molecule has 3 nitrogen and oxygen atoms in total. The van der Waals surface area contributed by atoms with Gasteiger partial charge >= 0.3 is 0 Å². The molecule has 1 aromatic heterocycles. The Morgan fingerprint density at radius 1 is 1.08 bits per heavy atom. The number of nitrogens with one attached hydrogen (secondary N) is 2.